The Hall–Kier alpha value is -1.89. The molecule has 0 radical (unpaired) electrons. The molecule has 2 rings (SSSR count). The van der Waals surface area contributed by atoms with Gasteiger partial charge in [-0.1, -0.05) is 18.5 Å². The number of amides is 1. The minimum absolute atomic E-state index is 0.229. The lowest BCUT2D eigenvalue weighted by Crippen LogP contribution is -2.29. The summed E-state index contributed by atoms with van der Waals surface area (Å²) in [5, 5.41) is 11.5. The molecule has 0 fully saturated rings. The van der Waals surface area contributed by atoms with Crippen molar-refractivity contribution in [2.75, 3.05) is 0 Å². The molecule has 2 aromatic rings. The van der Waals surface area contributed by atoms with Gasteiger partial charge in [0.1, 0.15) is 12.2 Å². The van der Waals surface area contributed by atoms with Gasteiger partial charge in [0.15, 0.2) is 5.69 Å². The smallest absolute Gasteiger partial charge is 0.273 e. The van der Waals surface area contributed by atoms with Crippen LogP contribution < -0.4 is 5.32 Å². The maximum Gasteiger partial charge on any atom is 0.273 e. The highest BCUT2D eigenvalue weighted by atomic mass is 35.5. The topological polar surface area (TPSA) is 77.6 Å². The van der Waals surface area contributed by atoms with E-state index in [1.807, 2.05) is 13.8 Å². The van der Waals surface area contributed by atoms with Crippen molar-refractivity contribution in [1.29, 1.82) is 0 Å². The summed E-state index contributed by atoms with van der Waals surface area (Å²) in [4.78, 5) is 16.4. The van der Waals surface area contributed by atoms with Crippen LogP contribution in [-0.4, -0.2) is 30.5 Å². The molecule has 0 bridgehead atoms. The van der Waals surface area contributed by atoms with E-state index in [1.165, 1.54) is 6.33 Å². The molecule has 1 atom stereocenters. The summed E-state index contributed by atoms with van der Waals surface area (Å²) in [6.45, 7) is 7.28. The third-order valence-electron chi connectivity index (χ3n) is 3.07. The molecule has 1 amide bonds. The number of carbonyl (C=O) groups is 1. The SMILES string of the molecule is CCCn1ncnc1[C@@H](C)NC(=O)c1nn(CC)cc1Cl. The molecule has 8 heteroatoms. The Balaban J connectivity index is 2.11. The molecule has 7 nitrogen and oxygen atoms in total. The predicted octanol–water partition coefficient (Wildman–Crippen LogP) is 2.05. The van der Waals surface area contributed by atoms with Crippen molar-refractivity contribution in [3.63, 3.8) is 0 Å². The second-order valence-electron chi connectivity index (χ2n) is 4.72. The molecule has 0 spiro atoms. The fraction of sp³-hybridized carbons (Fsp3) is 0.538. The van der Waals surface area contributed by atoms with E-state index < -0.39 is 0 Å². The zero-order chi connectivity index (χ0) is 15.4. The molecule has 0 aromatic carbocycles. The van der Waals surface area contributed by atoms with Crippen molar-refractivity contribution in [3.8, 4) is 0 Å². The van der Waals surface area contributed by atoms with Crippen molar-refractivity contribution in [2.24, 2.45) is 0 Å². The van der Waals surface area contributed by atoms with Gasteiger partial charge >= 0.3 is 0 Å². The van der Waals surface area contributed by atoms with Crippen LogP contribution in [0.2, 0.25) is 5.02 Å². The standard InChI is InChI=1S/C13H19ClN6O/c1-4-6-20-12(15-8-16-20)9(3)17-13(21)11-10(14)7-19(5-2)18-11/h7-9H,4-6H2,1-3H3,(H,17,21)/t9-/m1/s1. The summed E-state index contributed by atoms with van der Waals surface area (Å²) in [5.41, 5.74) is 0.229. The number of halogens is 1. The molecule has 2 heterocycles. The normalized spacial score (nSPS) is 12.4. The fourth-order valence-corrected chi connectivity index (χ4v) is 2.27. The second kappa shape index (κ2) is 6.71. The molecular weight excluding hydrogens is 292 g/mol. The number of hydrogen-bond acceptors (Lipinski definition) is 4. The highest BCUT2D eigenvalue weighted by Gasteiger charge is 2.20. The van der Waals surface area contributed by atoms with Gasteiger partial charge in [-0.15, -0.1) is 0 Å². The average molecular weight is 311 g/mol. The molecule has 0 unspecified atom stereocenters. The molecule has 0 aliphatic rings. The summed E-state index contributed by atoms with van der Waals surface area (Å²) in [5.74, 6) is 0.405. The molecule has 21 heavy (non-hydrogen) atoms. The lowest BCUT2D eigenvalue weighted by molar-refractivity contribution is 0.0931. The van der Waals surface area contributed by atoms with Gasteiger partial charge in [-0.3, -0.25) is 9.48 Å². The highest BCUT2D eigenvalue weighted by molar-refractivity contribution is 6.33. The number of nitrogens with one attached hydrogen (secondary N) is 1. The Morgan fingerprint density at radius 3 is 2.86 bits per heavy atom. The summed E-state index contributed by atoms with van der Waals surface area (Å²) in [6, 6.07) is -0.269. The Morgan fingerprint density at radius 1 is 1.48 bits per heavy atom. The fourth-order valence-electron chi connectivity index (χ4n) is 2.04. The van der Waals surface area contributed by atoms with Crippen LogP contribution >= 0.6 is 11.6 Å². The van der Waals surface area contributed by atoms with E-state index in [4.69, 9.17) is 11.6 Å². The molecule has 0 saturated carbocycles. The minimum Gasteiger partial charge on any atom is -0.341 e. The van der Waals surface area contributed by atoms with Crippen LogP contribution in [0.25, 0.3) is 0 Å². The van der Waals surface area contributed by atoms with Crippen molar-refractivity contribution in [1.82, 2.24) is 29.9 Å². The molecule has 0 aliphatic heterocycles. The van der Waals surface area contributed by atoms with Crippen LogP contribution in [0.5, 0.6) is 0 Å². The largest absolute Gasteiger partial charge is 0.341 e. The first kappa shape index (κ1) is 15.5. The van der Waals surface area contributed by atoms with Crippen molar-refractivity contribution in [3.05, 3.63) is 29.1 Å². The first-order valence-corrected chi connectivity index (χ1v) is 7.36. The third kappa shape index (κ3) is 3.41. The third-order valence-corrected chi connectivity index (χ3v) is 3.35. The Morgan fingerprint density at radius 2 is 2.24 bits per heavy atom. The van der Waals surface area contributed by atoms with Gasteiger partial charge in [-0.2, -0.15) is 10.2 Å². The maximum absolute atomic E-state index is 12.2. The van der Waals surface area contributed by atoms with E-state index in [-0.39, 0.29) is 17.6 Å². The van der Waals surface area contributed by atoms with E-state index in [9.17, 15) is 4.79 Å². The lowest BCUT2D eigenvalue weighted by Gasteiger charge is -2.13. The molecule has 0 saturated heterocycles. The number of hydrogen-bond donors (Lipinski definition) is 1. The molecular formula is C13H19ClN6O. The maximum atomic E-state index is 12.2. The van der Waals surface area contributed by atoms with Crippen molar-refractivity contribution < 1.29 is 4.79 Å². The van der Waals surface area contributed by atoms with Gasteiger partial charge in [0.25, 0.3) is 5.91 Å². The van der Waals surface area contributed by atoms with Crippen LogP contribution in [-0.2, 0) is 13.1 Å². The Labute approximate surface area is 128 Å². The number of aromatic nitrogens is 5. The number of rotatable bonds is 6. The van der Waals surface area contributed by atoms with Crippen LogP contribution in [0.4, 0.5) is 0 Å². The Kier molecular flexibility index (Phi) is 4.95. The van der Waals surface area contributed by atoms with Crippen molar-refractivity contribution in [2.45, 2.75) is 46.3 Å². The minimum atomic E-state index is -0.314. The van der Waals surface area contributed by atoms with E-state index in [1.54, 1.807) is 15.6 Å². The van der Waals surface area contributed by atoms with Crippen LogP contribution in [0, 0.1) is 0 Å². The highest BCUT2D eigenvalue weighted by Crippen LogP contribution is 2.16. The molecule has 114 valence electrons. The van der Waals surface area contributed by atoms with Crippen LogP contribution in [0.1, 0.15) is 49.5 Å². The summed E-state index contributed by atoms with van der Waals surface area (Å²) in [7, 11) is 0. The molecule has 2 aromatic heterocycles. The van der Waals surface area contributed by atoms with Gasteiger partial charge in [0.05, 0.1) is 11.1 Å². The van der Waals surface area contributed by atoms with Crippen LogP contribution in [0.3, 0.4) is 0 Å². The molecule has 0 aliphatic carbocycles. The monoisotopic (exact) mass is 310 g/mol. The quantitative estimate of drug-likeness (QED) is 0.885. The molecule has 1 N–H and O–H groups in total. The zero-order valence-electron chi connectivity index (χ0n) is 12.4. The lowest BCUT2D eigenvalue weighted by atomic mass is 10.3. The van der Waals surface area contributed by atoms with Gasteiger partial charge in [-0.25, -0.2) is 9.67 Å². The summed E-state index contributed by atoms with van der Waals surface area (Å²) in [6.07, 6.45) is 4.08. The average Bonchev–Trinajstić information content (AvgIpc) is 3.05. The Bertz CT molecular complexity index is 620. The van der Waals surface area contributed by atoms with Gasteiger partial charge in [-0.05, 0) is 20.3 Å². The van der Waals surface area contributed by atoms with Crippen molar-refractivity contribution >= 4 is 17.5 Å². The first-order chi connectivity index (χ1) is 10.1. The second-order valence-corrected chi connectivity index (χ2v) is 5.13. The number of nitrogens with zero attached hydrogens (tertiary/aromatic N) is 5. The van der Waals surface area contributed by atoms with Gasteiger partial charge < -0.3 is 5.32 Å². The van der Waals surface area contributed by atoms with Gasteiger partial charge in [0.2, 0.25) is 0 Å². The van der Waals surface area contributed by atoms with E-state index in [0.29, 0.717) is 11.6 Å². The van der Waals surface area contributed by atoms with E-state index in [2.05, 4.69) is 27.4 Å². The zero-order valence-corrected chi connectivity index (χ0v) is 13.1. The summed E-state index contributed by atoms with van der Waals surface area (Å²) < 4.78 is 3.42. The van der Waals surface area contributed by atoms with E-state index in [0.717, 1.165) is 18.8 Å². The number of aryl methyl sites for hydroxylation is 2. The van der Waals surface area contributed by atoms with E-state index >= 15 is 0 Å². The summed E-state index contributed by atoms with van der Waals surface area (Å²) >= 11 is 6.03. The van der Waals surface area contributed by atoms with Gasteiger partial charge in [0, 0.05) is 19.3 Å². The van der Waals surface area contributed by atoms with Crippen LogP contribution in [0.15, 0.2) is 12.5 Å². The number of carbonyl (C=O) groups excluding carboxylic acids is 1. The first-order valence-electron chi connectivity index (χ1n) is 6.98. The predicted molar refractivity (Wildman–Crippen MR) is 79.1 cm³/mol.